The summed E-state index contributed by atoms with van der Waals surface area (Å²) in [7, 11) is 0. The van der Waals surface area contributed by atoms with E-state index in [2.05, 4.69) is 16.1 Å². The number of carbonyl (C=O) groups is 1. The minimum absolute atomic E-state index is 0.104. The fraction of sp³-hybridized carbons (Fsp3) is 0.636. The SMILES string of the molecule is C=CCOCCOCCOCCOC(=O)C=[N+]=[N-]. The van der Waals surface area contributed by atoms with Crippen LogP contribution in [0.1, 0.15) is 0 Å². The van der Waals surface area contributed by atoms with E-state index in [0.717, 1.165) is 0 Å². The van der Waals surface area contributed by atoms with Crippen LogP contribution in [-0.2, 0) is 23.7 Å². The van der Waals surface area contributed by atoms with Crippen molar-refractivity contribution in [1.29, 1.82) is 0 Å². The Kier molecular flexibility index (Phi) is 12.4. The van der Waals surface area contributed by atoms with Gasteiger partial charge in [-0.3, -0.25) is 0 Å². The maximum Gasteiger partial charge on any atom is 0.413 e. The molecule has 0 N–H and O–H groups in total. The molecule has 0 aliphatic carbocycles. The zero-order valence-electron chi connectivity index (χ0n) is 10.2. The van der Waals surface area contributed by atoms with Gasteiger partial charge in [-0.2, -0.15) is 4.79 Å². The van der Waals surface area contributed by atoms with Crippen LogP contribution in [0, 0.1) is 0 Å². The normalized spacial score (nSPS) is 9.56. The van der Waals surface area contributed by atoms with Crippen molar-refractivity contribution in [2.24, 2.45) is 0 Å². The van der Waals surface area contributed by atoms with Gasteiger partial charge in [0.15, 0.2) is 0 Å². The summed E-state index contributed by atoms with van der Waals surface area (Å²) in [6, 6.07) is 0. The van der Waals surface area contributed by atoms with Gasteiger partial charge in [-0.05, 0) is 0 Å². The number of carbonyl (C=O) groups excluding carboxylic acids is 1. The van der Waals surface area contributed by atoms with Crippen LogP contribution >= 0.6 is 0 Å². The average Bonchev–Trinajstić information content (AvgIpc) is 2.36. The molecule has 0 heterocycles. The maximum absolute atomic E-state index is 10.7. The number of esters is 1. The number of hydrogen-bond acceptors (Lipinski definition) is 5. The highest BCUT2D eigenvalue weighted by Gasteiger charge is 2.01. The first-order valence-electron chi connectivity index (χ1n) is 5.49. The fourth-order valence-corrected chi connectivity index (χ4v) is 0.892. The molecule has 0 aromatic carbocycles. The average molecular weight is 258 g/mol. The summed E-state index contributed by atoms with van der Waals surface area (Å²) >= 11 is 0. The van der Waals surface area contributed by atoms with Gasteiger partial charge in [-0.25, -0.2) is 4.79 Å². The first-order chi connectivity index (χ1) is 8.81. The van der Waals surface area contributed by atoms with E-state index in [4.69, 9.17) is 19.7 Å². The van der Waals surface area contributed by atoms with Crippen LogP contribution in [0.2, 0.25) is 0 Å². The fourth-order valence-electron chi connectivity index (χ4n) is 0.892. The topological polar surface area (TPSA) is 90.4 Å². The molecule has 0 spiro atoms. The van der Waals surface area contributed by atoms with Crippen molar-refractivity contribution in [2.45, 2.75) is 0 Å². The van der Waals surface area contributed by atoms with E-state index >= 15 is 0 Å². The van der Waals surface area contributed by atoms with E-state index in [1.165, 1.54) is 0 Å². The van der Waals surface area contributed by atoms with Crippen molar-refractivity contribution in [3.8, 4) is 0 Å². The van der Waals surface area contributed by atoms with Crippen LogP contribution in [0.4, 0.5) is 0 Å². The molecule has 102 valence electrons. The first kappa shape index (κ1) is 16.5. The summed E-state index contributed by atoms with van der Waals surface area (Å²) in [4.78, 5) is 13.2. The minimum Gasteiger partial charge on any atom is -0.455 e. The third-order valence-corrected chi connectivity index (χ3v) is 1.61. The van der Waals surface area contributed by atoms with Crippen molar-refractivity contribution in [3.05, 3.63) is 18.2 Å². The number of ether oxygens (including phenoxy) is 4. The predicted octanol–water partition coefficient (Wildman–Crippen LogP) is 0.0660. The summed E-state index contributed by atoms with van der Waals surface area (Å²) in [5.74, 6) is -0.711. The van der Waals surface area contributed by atoms with Crippen LogP contribution in [0.15, 0.2) is 12.7 Å². The van der Waals surface area contributed by atoms with E-state index < -0.39 is 5.97 Å². The van der Waals surface area contributed by atoms with E-state index in [0.29, 0.717) is 39.2 Å². The third-order valence-electron chi connectivity index (χ3n) is 1.61. The molecule has 0 aromatic heterocycles. The van der Waals surface area contributed by atoms with Gasteiger partial charge in [0.2, 0.25) is 0 Å². The van der Waals surface area contributed by atoms with Crippen molar-refractivity contribution in [2.75, 3.05) is 46.2 Å². The van der Waals surface area contributed by atoms with E-state index in [1.807, 2.05) is 0 Å². The molecule has 0 saturated carbocycles. The molecule has 0 aromatic rings. The Hall–Kier alpha value is -1.53. The highest BCUT2D eigenvalue weighted by atomic mass is 16.6. The van der Waals surface area contributed by atoms with Crippen molar-refractivity contribution >= 4 is 12.2 Å². The quantitative estimate of drug-likeness (QED) is 0.123. The van der Waals surface area contributed by atoms with Crippen molar-refractivity contribution in [1.82, 2.24) is 0 Å². The summed E-state index contributed by atoms with van der Waals surface area (Å²) in [5, 5.41) is 0. The summed E-state index contributed by atoms with van der Waals surface area (Å²) in [6.45, 7) is 6.28. The lowest BCUT2D eigenvalue weighted by Gasteiger charge is -2.05. The zero-order chi connectivity index (χ0) is 13.5. The molecular weight excluding hydrogens is 240 g/mol. The molecule has 0 fully saturated rings. The Morgan fingerprint density at radius 1 is 1.06 bits per heavy atom. The van der Waals surface area contributed by atoms with Crippen molar-refractivity contribution < 1.29 is 28.5 Å². The molecule has 0 saturated heterocycles. The molecule has 18 heavy (non-hydrogen) atoms. The number of hydrogen-bond donors (Lipinski definition) is 0. The van der Waals surface area contributed by atoms with Gasteiger partial charge in [0.1, 0.15) is 6.61 Å². The van der Waals surface area contributed by atoms with Gasteiger partial charge >= 0.3 is 12.2 Å². The Morgan fingerprint density at radius 2 is 1.61 bits per heavy atom. The molecule has 0 radical (unpaired) electrons. The zero-order valence-corrected chi connectivity index (χ0v) is 10.2. The van der Waals surface area contributed by atoms with Crippen LogP contribution in [0.3, 0.4) is 0 Å². The lowest BCUT2D eigenvalue weighted by Crippen LogP contribution is -2.14. The lowest BCUT2D eigenvalue weighted by atomic mass is 10.6. The number of rotatable bonds is 12. The summed E-state index contributed by atoms with van der Waals surface area (Å²) in [5.41, 5.74) is 8.02. The maximum atomic E-state index is 10.7. The van der Waals surface area contributed by atoms with Gasteiger partial charge in [0, 0.05) is 0 Å². The summed E-state index contributed by atoms with van der Waals surface area (Å²) < 4.78 is 20.0. The van der Waals surface area contributed by atoms with Crippen LogP contribution in [-0.4, -0.2) is 63.2 Å². The second-order valence-corrected chi connectivity index (χ2v) is 3.00. The molecule has 0 amide bonds. The Morgan fingerprint density at radius 3 is 2.17 bits per heavy atom. The van der Waals surface area contributed by atoms with Gasteiger partial charge in [0.25, 0.3) is 0 Å². The second kappa shape index (κ2) is 13.5. The van der Waals surface area contributed by atoms with Gasteiger partial charge in [-0.15, -0.1) is 6.58 Å². The molecule has 0 bridgehead atoms. The van der Waals surface area contributed by atoms with Crippen LogP contribution < -0.4 is 0 Å². The second-order valence-electron chi connectivity index (χ2n) is 3.00. The highest BCUT2D eigenvalue weighted by molar-refractivity contribution is 6.20. The largest absolute Gasteiger partial charge is 0.455 e. The highest BCUT2D eigenvalue weighted by Crippen LogP contribution is 1.82. The van der Waals surface area contributed by atoms with Gasteiger partial charge in [-0.1, -0.05) is 6.08 Å². The monoisotopic (exact) mass is 258 g/mol. The molecule has 0 aliphatic rings. The van der Waals surface area contributed by atoms with Gasteiger partial charge < -0.3 is 24.5 Å². The van der Waals surface area contributed by atoms with Crippen LogP contribution in [0.5, 0.6) is 0 Å². The van der Waals surface area contributed by atoms with E-state index in [-0.39, 0.29) is 13.2 Å². The van der Waals surface area contributed by atoms with E-state index in [1.54, 1.807) is 6.08 Å². The molecule has 7 nitrogen and oxygen atoms in total. The first-order valence-corrected chi connectivity index (χ1v) is 5.49. The smallest absolute Gasteiger partial charge is 0.413 e. The Balaban J connectivity index is 3.09. The molecule has 0 atom stereocenters. The van der Waals surface area contributed by atoms with Crippen molar-refractivity contribution in [3.63, 3.8) is 0 Å². The molecule has 0 aliphatic heterocycles. The van der Waals surface area contributed by atoms with Crippen LogP contribution in [0.25, 0.3) is 5.53 Å². The third kappa shape index (κ3) is 12.5. The molecule has 7 heteroatoms. The standard InChI is InChI=1S/C11H18N2O5/c1-2-3-15-4-5-16-6-7-17-8-9-18-11(14)10-13-12/h2,10H,1,3-9H2. The molecular formula is C11H18N2O5. The Labute approximate surface area is 106 Å². The predicted molar refractivity (Wildman–Crippen MR) is 63.3 cm³/mol. The molecule has 0 unspecified atom stereocenters. The molecule has 0 rings (SSSR count). The summed E-state index contributed by atoms with van der Waals surface area (Å²) in [6.07, 6.45) is 2.35. The number of nitrogens with zero attached hydrogens (tertiary/aromatic N) is 2. The minimum atomic E-state index is -0.711. The van der Waals surface area contributed by atoms with E-state index in [9.17, 15) is 4.79 Å². The van der Waals surface area contributed by atoms with Gasteiger partial charge in [0.05, 0.1) is 39.6 Å². The lowest BCUT2D eigenvalue weighted by molar-refractivity contribution is -0.140. The Bertz CT molecular complexity index is 277.